The van der Waals surface area contributed by atoms with E-state index in [0.29, 0.717) is 18.4 Å². The van der Waals surface area contributed by atoms with Crippen molar-refractivity contribution in [3.63, 3.8) is 0 Å². The van der Waals surface area contributed by atoms with E-state index in [0.717, 1.165) is 0 Å². The normalized spacial score (nSPS) is 20.9. The summed E-state index contributed by atoms with van der Waals surface area (Å²) < 4.78 is 18.3. The van der Waals surface area contributed by atoms with Gasteiger partial charge in [0.05, 0.1) is 18.9 Å². The van der Waals surface area contributed by atoms with E-state index in [4.69, 9.17) is 9.84 Å². The van der Waals surface area contributed by atoms with Crippen LogP contribution in [0.3, 0.4) is 0 Å². The highest BCUT2D eigenvalue weighted by Crippen LogP contribution is 2.34. The molecule has 0 bridgehead atoms. The summed E-state index contributed by atoms with van der Waals surface area (Å²) in [5.41, 5.74) is 0.600. The number of ether oxygens (including phenoxy) is 1. The van der Waals surface area contributed by atoms with Crippen molar-refractivity contribution < 1.29 is 23.8 Å². The highest BCUT2D eigenvalue weighted by atomic mass is 19.1. The van der Waals surface area contributed by atoms with E-state index in [1.807, 2.05) is 0 Å². The first-order chi connectivity index (χ1) is 9.52. The van der Waals surface area contributed by atoms with Crippen LogP contribution in [0.4, 0.5) is 4.39 Å². The molecule has 1 aliphatic rings. The zero-order valence-corrected chi connectivity index (χ0v) is 11.1. The molecule has 2 atom stereocenters. The Hall–Kier alpha value is -2.11. The van der Waals surface area contributed by atoms with E-state index in [9.17, 15) is 14.0 Å². The summed E-state index contributed by atoms with van der Waals surface area (Å²) in [6, 6.07) is 4.42. The SMILES string of the molecule is COc1ccc(CNC(=O)C2CCC2C(=O)O)cc1F. The van der Waals surface area contributed by atoms with Crippen LogP contribution in [0.15, 0.2) is 18.2 Å². The zero-order valence-electron chi connectivity index (χ0n) is 11.1. The fourth-order valence-corrected chi connectivity index (χ4v) is 2.25. The van der Waals surface area contributed by atoms with Crippen LogP contribution in [-0.2, 0) is 16.1 Å². The Labute approximate surface area is 115 Å². The molecule has 0 heterocycles. The van der Waals surface area contributed by atoms with Gasteiger partial charge in [-0.2, -0.15) is 0 Å². The number of halogens is 1. The van der Waals surface area contributed by atoms with Crippen molar-refractivity contribution in [1.29, 1.82) is 0 Å². The second-order valence-electron chi connectivity index (χ2n) is 4.82. The van der Waals surface area contributed by atoms with Crippen molar-refractivity contribution >= 4 is 11.9 Å². The van der Waals surface area contributed by atoms with Crippen LogP contribution in [0.5, 0.6) is 5.75 Å². The minimum Gasteiger partial charge on any atom is -0.494 e. The molecule has 1 fully saturated rings. The van der Waals surface area contributed by atoms with Crippen molar-refractivity contribution in [3.05, 3.63) is 29.6 Å². The van der Waals surface area contributed by atoms with Gasteiger partial charge in [-0.05, 0) is 30.5 Å². The van der Waals surface area contributed by atoms with Gasteiger partial charge in [-0.1, -0.05) is 6.07 Å². The van der Waals surface area contributed by atoms with Crippen molar-refractivity contribution in [3.8, 4) is 5.75 Å². The molecular weight excluding hydrogens is 265 g/mol. The number of methoxy groups -OCH3 is 1. The van der Waals surface area contributed by atoms with Crippen LogP contribution in [-0.4, -0.2) is 24.1 Å². The molecule has 2 unspecified atom stereocenters. The fraction of sp³-hybridized carbons (Fsp3) is 0.429. The highest BCUT2D eigenvalue weighted by molar-refractivity contribution is 5.86. The number of nitrogens with one attached hydrogen (secondary N) is 1. The number of hydrogen-bond donors (Lipinski definition) is 2. The van der Waals surface area contributed by atoms with E-state index in [2.05, 4.69) is 5.32 Å². The van der Waals surface area contributed by atoms with Gasteiger partial charge in [-0.25, -0.2) is 4.39 Å². The van der Waals surface area contributed by atoms with Gasteiger partial charge in [-0.3, -0.25) is 9.59 Å². The van der Waals surface area contributed by atoms with Gasteiger partial charge < -0.3 is 15.2 Å². The average Bonchev–Trinajstić information content (AvgIpc) is 2.34. The molecule has 0 radical (unpaired) electrons. The van der Waals surface area contributed by atoms with Gasteiger partial charge in [0.25, 0.3) is 0 Å². The number of rotatable bonds is 5. The average molecular weight is 281 g/mol. The summed E-state index contributed by atoms with van der Waals surface area (Å²) in [5, 5.41) is 11.5. The molecule has 1 aliphatic carbocycles. The Morgan fingerprint density at radius 1 is 1.40 bits per heavy atom. The molecule has 1 aromatic rings. The number of carbonyl (C=O) groups is 2. The number of amides is 1. The summed E-state index contributed by atoms with van der Waals surface area (Å²) in [7, 11) is 1.38. The summed E-state index contributed by atoms with van der Waals surface area (Å²) in [6.45, 7) is 0.169. The number of carboxylic acids is 1. The van der Waals surface area contributed by atoms with Crippen LogP contribution in [0, 0.1) is 17.7 Å². The van der Waals surface area contributed by atoms with Gasteiger partial charge in [0.15, 0.2) is 11.6 Å². The van der Waals surface area contributed by atoms with Gasteiger partial charge in [0.2, 0.25) is 5.91 Å². The predicted octanol–water partition coefficient (Wildman–Crippen LogP) is 1.56. The lowest BCUT2D eigenvalue weighted by Crippen LogP contribution is -2.43. The van der Waals surface area contributed by atoms with Gasteiger partial charge in [0.1, 0.15) is 0 Å². The smallest absolute Gasteiger partial charge is 0.307 e. The lowest BCUT2D eigenvalue weighted by molar-refractivity contribution is -0.152. The molecule has 0 aliphatic heterocycles. The van der Waals surface area contributed by atoms with Gasteiger partial charge >= 0.3 is 5.97 Å². The van der Waals surface area contributed by atoms with Crippen molar-refractivity contribution in [1.82, 2.24) is 5.32 Å². The van der Waals surface area contributed by atoms with Crippen LogP contribution in [0.2, 0.25) is 0 Å². The topological polar surface area (TPSA) is 75.6 Å². The van der Waals surface area contributed by atoms with Gasteiger partial charge in [0, 0.05) is 6.54 Å². The summed E-state index contributed by atoms with van der Waals surface area (Å²) in [5.74, 6) is -2.65. The number of benzene rings is 1. The monoisotopic (exact) mass is 281 g/mol. The number of aliphatic carboxylic acids is 1. The predicted molar refractivity (Wildman–Crippen MR) is 68.6 cm³/mol. The van der Waals surface area contributed by atoms with Crippen LogP contribution < -0.4 is 10.1 Å². The first kappa shape index (κ1) is 14.3. The zero-order chi connectivity index (χ0) is 14.7. The minimum absolute atomic E-state index is 0.144. The molecule has 1 amide bonds. The first-order valence-corrected chi connectivity index (χ1v) is 6.36. The maximum atomic E-state index is 13.5. The molecule has 0 aromatic heterocycles. The third kappa shape index (κ3) is 2.89. The number of carboxylic acid groups (broad SMARTS) is 1. The highest BCUT2D eigenvalue weighted by Gasteiger charge is 2.41. The largest absolute Gasteiger partial charge is 0.494 e. The second-order valence-corrected chi connectivity index (χ2v) is 4.82. The molecule has 1 aromatic carbocycles. The number of hydrogen-bond acceptors (Lipinski definition) is 3. The Balaban J connectivity index is 1.90. The van der Waals surface area contributed by atoms with E-state index >= 15 is 0 Å². The van der Waals surface area contributed by atoms with Gasteiger partial charge in [-0.15, -0.1) is 0 Å². The maximum absolute atomic E-state index is 13.5. The van der Waals surface area contributed by atoms with Crippen LogP contribution >= 0.6 is 0 Å². The van der Waals surface area contributed by atoms with Crippen LogP contribution in [0.25, 0.3) is 0 Å². The molecule has 20 heavy (non-hydrogen) atoms. The Morgan fingerprint density at radius 3 is 2.60 bits per heavy atom. The standard InChI is InChI=1S/C14H16FNO4/c1-20-12-5-2-8(6-11(12)15)7-16-13(17)9-3-4-10(9)14(18)19/h2,5-6,9-10H,3-4,7H2,1H3,(H,16,17)(H,18,19). The van der Waals surface area contributed by atoms with E-state index in [1.165, 1.54) is 19.2 Å². The molecule has 1 saturated carbocycles. The number of carbonyl (C=O) groups excluding carboxylic acids is 1. The summed E-state index contributed by atoms with van der Waals surface area (Å²) in [4.78, 5) is 22.7. The van der Waals surface area contributed by atoms with Crippen molar-refractivity contribution in [2.45, 2.75) is 19.4 Å². The molecular formula is C14H16FNO4. The second kappa shape index (κ2) is 5.90. The lowest BCUT2D eigenvalue weighted by Gasteiger charge is -2.31. The third-order valence-electron chi connectivity index (χ3n) is 3.61. The Kier molecular flexibility index (Phi) is 4.22. The minimum atomic E-state index is -0.938. The third-order valence-corrected chi connectivity index (χ3v) is 3.61. The maximum Gasteiger partial charge on any atom is 0.307 e. The molecule has 6 heteroatoms. The summed E-state index contributed by atoms with van der Waals surface area (Å²) >= 11 is 0. The van der Waals surface area contributed by atoms with E-state index < -0.39 is 23.6 Å². The molecule has 108 valence electrons. The Morgan fingerprint density at radius 2 is 2.10 bits per heavy atom. The molecule has 5 nitrogen and oxygen atoms in total. The van der Waals surface area contributed by atoms with Crippen molar-refractivity contribution in [2.24, 2.45) is 11.8 Å². The molecule has 2 rings (SSSR count). The van der Waals surface area contributed by atoms with E-state index in [1.54, 1.807) is 6.07 Å². The first-order valence-electron chi connectivity index (χ1n) is 6.36. The molecule has 2 N–H and O–H groups in total. The quantitative estimate of drug-likeness (QED) is 0.859. The van der Waals surface area contributed by atoms with E-state index in [-0.39, 0.29) is 18.2 Å². The lowest BCUT2D eigenvalue weighted by atomic mass is 9.73. The summed E-state index contributed by atoms with van der Waals surface area (Å²) in [6.07, 6.45) is 1.12. The Bertz CT molecular complexity index is 532. The molecule has 0 spiro atoms. The molecule has 0 saturated heterocycles. The van der Waals surface area contributed by atoms with Crippen molar-refractivity contribution in [2.75, 3.05) is 7.11 Å². The van der Waals surface area contributed by atoms with Crippen LogP contribution in [0.1, 0.15) is 18.4 Å². The fourth-order valence-electron chi connectivity index (χ4n) is 2.25.